The highest BCUT2D eigenvalue weighted by atomic mass is 16.1. The molecular formula is C13H16N2O. The van der Waals surface area contributed by atoms with Crippen molar-refractivity contribution in [1.29, 1.82) is 5.26 Å². The van der Waals surface area contributed by atoms with Crippen molar-refractivity contribution in [3.8, 4) is 6.07 Å². The fraction of sp³-hybridized carbons (Fsp3) is 0.462. The van der Waals surface area contributed by atoms with E-state index in [1.54, 1.807) is 24.5 Å². The van der Waals surface area contributed by atoms with Gasteiger partial charge in [-0.05, 0) is 18.1 Å². The van der Waals surface area contributed by atoms with Gasteiger partial charge in [0.25, 0.3) is 0 Å². The Morgan fingerprint density at radius 2 is 2.31 bits per heavy atom. The van der Waals surface area contributed by atoms with Gasteiger partial charge in [-0.15, -0.1) is 0 Å². The number of carbonyl (C=O) groups excluding carboxylic acids is 1. The molecule has 0 bridgehead atoms. The van der Waals surface area contributed by atoms with E-state index < -0.39 is 11.3 Å². The number of pyridine rings is 1. The average molecular weight is 216 g/mol. The smallest absolute Gasteiger partial charge is 0.160 e. The van der Waals surface area contributed by atoms with E-state index in [1.807, 2.05) is 20.8 Å². The Kier molecular flexibility index (Phi) is 3.78. The van der Waals surface area contributed by atoms with Crippen LogP contribution < -0.4 is 0 Å². The van der Waals surface area contributed by atoms with Crippen LogP contribution in [0.25, 0.3) is 0 Å². The van der Waals surface area contributed by atoms with Crippen molar-refractivity contribution in [2.45, 2.75) is 33.1 Å². The summed E-state index contributed by atoms with van der Waals surface area (Å²) < 4.78 is 0. The van der Waals surface area contributed by atoms with Crippen LogP contribution in [0.1, 0.15) is 38.7 Å². The van der Waals surface area contributed by atoms with E-state index in [2.05, 4.69) is 11.1 Å². The molecule has 0 fully saturated rings. The first-order valence-electron chi connectivity index (χ1n) is 5.36. The predicted octanol–water partition coefficient (Wildman–Crippen LogP) is 2.69. The second-order valence-corrected chi connectivity index (χ2v) is 4.45. The maximum absolute atomic E-state index is 12.2. The summed E-state index contributed by atoms with van der Waals surface area (Å²) >= 11 is 0. The summed E-state index contributed by atoms with van der Waals surface area (Å²) in [6, 6.07) is 5.58. The van der Waals surface area contributed by atoms with E-state index in [1.165, 1.54) is 0 Å². The summed E-state index contributed by atoms with van der Waals surface area (Å²) in [7, 11) is 0. The number of hydrogen-bond donors (Lipinski definition) is 0. The molecule has 0 aliphatic carbocycles. The number of hydrogen-bond acceptors (Lipinski definition) is 3. The Balaban J connectivity index is 3.03. The van der Waals surface area contributed by atoms with E-state index in [0.29, 0.717) is 5.56 Å². The van der Waals surface area contributed by atoms with Crippen molar-refractivity contribution in [2.24, 2.45) is 5.41 Å². The Labute approximate surface area is 96.1 Å². The lowest BCUT2D eigenvalue weighted by Gasteiger charge is -2.23. The highest BCUT2D eigenvalue weighted by Gasteiger charge is 2.33. The van der Waals surface area contributed by atoms with Gasteiger partial charge in [0.2, 0.25) is 0 Å². The van der Waals surface area contributed by atoms with Crippen LogP contribution >= 0.6 is 0 Å². The minimum atomic E-state index is -0.705. The van der Waals surface area contributed by atoms with Gasteiger partial charge in [0.15, 0.2) is 5.78 Å². The first-order valence-corrected chi connectivity index (χ1v) is 5.36. The molecule has 1 atom stereocenters. The van der Waals surface area contributed by atoms with Crippen LogP contribution in [-0.2, 0) is 4.79 Å². The number of nitrogens with zero attached hydrogens (tertiary/aromatic N) is 2. The zero-order valence-electron chi connectivity index (χ0n) is 9.90. The normalized spacial score (nSPS) is 12.9. The van der Waals surface area contributed by atoms with Gasteiger partial charge in [0, 0.05) is 17.8 Å². The molecular weight excluding hydrogens is 200 g/mol. The number of carbonyl (C=O) groups is 1. The summed E-state index contributed by atoms with van der Waals surface area (Å²) in [5, 5.41) is 9.11. The molecule has 1 aromatic rings. The summed E-state index contributed by atoms with van der Waals surface area (Å²) in [5.74, 6) is -0.742. The molecule has 1 heterocycles. The van der Waals surface area contributed by atoms with Crippen molar-refractivity contribution < 1.29 is 4.79 Å². The lowest BCUT2D eigenvalue weighted by atomic mass is 9.77. The number of nitriles is 1. The molecule has 1 aromatic heterocycles. The highest BCUT2D eigenvalue weighted by molar-refractivity contribution is 5.92. The van der Waals surface area contributed by atoms with Gasteiger partial charge in [-0.3, -0.25) is 9.78 Å². The van der Waals surface area contributed by atoms with Crippen LogP contribution in [0.3, 0.4) is 0 Å². The van der Waals surface area contributed by atoms with Gasteiger partial charge >= 0.3 is 0 Å². The number of aromatic nitrogens is 1. The zero-order valence-corrected chi connectivity index (χ0v) is 9.90. The van der Waals surface area contributed by atoms with Crippen molar-refractivity contribution in [3.63, 3.8) is 0 Å². The fourth-order valence-corrected chi connectivity index (χ4v) is 1.40. The van der Waals surface area contributed by atoms with Crippen molar-refractivity contribution in [1.82, 2.24) is 4.98 Å². The molecule has 3 nitrogen and oxygen atoms in total. The Morgan fingerprint density at radius 1 is 1.62 bits per heavy atom. The molecule has 3 heteroatoms. The maximum Gasteiger partial charge on any atom is 0.160 e. The second-order valence-electron chi connectivity index (χ2n) is 4.45. The minimum absolute atomic E-state index is 0.0366. The Morgan fingerprint density at radius 3 is 2.75 bits per heavy atom. The third kappa shape index (κ3) is 2.46. The molecule has 0 saturated heterocycles. The van der Waals surface area contributed by atoms with Crippen molar-refractivity contribution in [2.75, 3.05) is 0 Å². The molecule has 0 N–H and O–H groups in total. The van der Waals surface area contributed by atoms with Crippen LogP contribution in [0.2, 0.25) is 0 Å². The average Bonchev–Trinajstić information content (AvgIpc) is 2.31. The van der Waals surface area contributed by atoms with Gasteiger partial charge in [-0.1, -0.05) is 26.8 Å². The van der Waals surface area contributed by atoms with Gasteiger partial charge in [-0.2, -0.15) is 5.26 Å². The highest BCUT2D eigenvalue weighted by Crippen LogP contribution is 2.29. The number of ketones is 1. The number of Topliss-reactive ketones (excluding diaryl/α,β-unsaturated/α-hetero) is 1. The maximum atomic E-state index is 12.2. The van der Waals surface area contributed by atoms with Crippen molar-refractivity contribution in [3.05, 3.63) is 30.1 Å². The predicted molar refractivity (Wildman–Crippen MR) is 61.7 cm³/mol. The second kappa shape index (κ2) is 4.89. The van der Waals surface area contributed by atoms with Crippen LogP contribution in [0, 0.1) is 16.7 Å². The zero-order chi connectivity index (χ0) is 12.2. The standard InChI is InChI=1S/C13H16N2O/c1-4-13(2,3)12(16)11(8-14)10-6-5-7-15-9-10/h5-7,9,11H,4H2,1-3H3. The lowest BCUT2D eigenvalue weighted by Crippen LogP contribution is -2.28. The van der Waals surface area contributed by atoms with Gasteiger partial charge in [-0.25, -0.2) is 0 Å². The van der Waals surface area contributed by atoms with E-state index in [4.69, 9.17) is 5.26 Å². The quantitative estimate of drug-likeness (QED) is 0.777. The molecule has 0 aliphatic heterocycles. The SMILES string of the molecule is CCC(C)(C)C(=O)C(C#N)c1cccnc1. The van der Waals surface area contributed by atoms with E-state index in [0.717, 1.165) is 6.42 Å². The fourth-order valence-electron chi connectivity index (χ4n) is 1.40. The van der Waals surface area contributed by atoms with Crippen LogP contribution in [-0.4, -0.2) is 10.8 Å². The third-order valence-corrected chi connectivity index (χ3v) is 2.96. The molecule has 0 amide bonds. The largest absolute Gasteiger partial charge is 0.297 e. The van der Waals surface area contributed by atoms with Crippen LogP contribution in [0.15, 0.2) is 24.5 Å². The molecule has 1 rings (SSSR count). The molecule has 0 aliphatic rings. The molecule has 84 valence electrons. The Hall–Kier alpha value is -1.69. The van der Waals surface area contributed by atoms with E-state index in [9.17, 15) is 4.79 Å². The molecule has 0 spiro atoms. The van der Waals surface area contributed by atoms with Gasteiger partial charge < -0.3 is 0 Å². The summed E-state index contributed by atoms with van der Waals surface area (Å²) in [4.78, 5) is 16.1. The topological polar surface area (TPSA) is 53.8 Å². The van der Waals surface area contributed by atoms with E-state index in [-0.39, 0.29) is 5.78 Å². The van der Waals surface area contributed by atoms with E-state index >= 15 is 0 Å². The van der Waals surface area contributed by atoms with Crippen molar-refractivity contribution >= 4 is 5.78 Å². The lowest BCUT2D eigenvalue weighted by molar-refractivity contribution is -0.127. The molecule has 1 unspecified atom stereocenters. The monoisotopic (exact) mass is 216 g/mol. The van der Waals surface area contributed by atoms with Gasteiger partial charge in [0.05, 0.1) is 6.07 Å². The molecule has 0 saturated carbocycles. The third-order valence-electron chi connectivity index (χ3n) is 2.96. The first-order chi connectivity index (χ1) is 7.53. The van der Waals surface area contributed by atoms with Gasteiger partial charge in [0.1, 0.15) is 5.92 Å². The molecule has 0 radical (unpaired) electrons. The summed E-state index contributed by atoms with van der Waals surface area (Å²) in [5.41, 5.74) is 0.215. The molecule has 16 heavy (non-hydrogen) atoms. The first kappa shape index (κ1) is 12.4. The Bertz CT molecular complexity index is 404. The van der Waals surface area contributed by atoms with Crippen LogP contribution in [0.4, 0.5) is 0 Å². The summed E-state index contributed by atoms with van der Waals surface area (Å²) in [6.07, 6.45) is 3.94. The minimum Gasteiger partial charge on any atom is -0.297 e. The van der Waals surface area contributed by atoms with Crippen LogP contribution in [0.5, 0.6) is 0 Å². The summed E-state index contributed by atoms with van der Waals surface area (Å²) in [6.45, 7) is 5.70. The molecule has 0 aromatic carbocycles. The number of rotatable bonds is 4.